The van der Waals surface area contributed by atoms with Crippen LogP contribution in [0.1, 0.15) is 44.0 Å². The number of anilines is 1. The molecule has 1 fully saturated rings. The summed E-state index contributed by atoms with van der Waals surface area (Å²) in [4.78, 5) is 26.7. The molecule has 0 spiro atoms. The van der Waals surface area contributed by atoms with Crippen LogP contribution in [0.5, 0.6) is 0 Å². The van der Waals surface area contributed by atoms with E-state index in [4.69, 9.17) is 11.6 Å². The lowest BCUT2D eigenvalue weighted by Crippen LogP contribution is -2.30. The molecule has 1 atom stereocenters. The summed E-state index contributed by atoms with van der Waals surface area (Å²) >= 11 is 6.24. The average Bonchev–Trinajstić information content (AvgIpc) is 2.95. The van der Waals surface area contributed by atoms with E-state index in [-0.39, 0.29) is 17.2 Å². The van der Waals surface area contributed by atoms with E-state index in [2.05, 4.69) is 10.6 Å². The molecule has 1 aliphatic rings. The van der Waals surface area contributed by atoms with Gasteiger partial charge in [0, 0.05) is 25.2 Å². The first kappa shape index (κ1) is 19.7. The highest BCUT2D eigenvalue weighted by Crippen LogP contribution is 2.26. The summed E-state index contributed by atoms with van der Waals surface area (Å²) in [7, 11) is 1.92. The van der Waals surface area contributed by atoms with Crippen molar-refractivity contribution in [3.63, 3.8) is 0 Å². The van der Waals surface area contributed by atoms with E-state index in [1.54, 1.807) is 18.2 Å². The molecule has 6 heteroatoms. The molecule has 1 unspecified atom stereocenters. The van der Waals surface area contributed by atoms with Gasteiger partial charge in [0.1, 0.15) is 0 Å². The number of halogens is 1. The summed E-state index contributed by atoms with van der Waals surface area (Å²) in [5, 5.41) is 6.43. The van der Waals surface area contributed by atoms with Gasteiger partial charge < -0.3 is 15.5 Å². The van der Waals surface area contributed by atoms with E-state index < -0.39 is 0 Å². The van der Waals surface area contributed by atoms with Crippen LogP contribution in [-0.2, 0) is 4.79 Å². The summed E-state index contributed by atoms with van der Waals surface area (Å²) in [5.74, 6) is 0.335. The number of hydrogen-bond acceptors (Lipinski definition) is 3. The fourth-order valence-electron chi connectivity index (χ4n) is 3.10. The first-order chi connectivity index (χ1) is 11.7. The van der Waals surface area contributed by atoms with Crippen LogP contribution < -0.4 is 10.6 Å². The van der Waals surface area contributed by atoms with Crippen LogP contribution >= 0.6 is 11.6 Å². The number of nitrogens with zero attached hydrogens (tertiary/aromatic N) is 1. The van der Waals surface area contributed by atoms with Gasteiger partial charge in [-0.25, -0.2) is 0 Å². The van der Waals surface area contributed by atoms with Crippen LogP contribution in [0.2, 0.25) is 5.02 Å². The lowest BCUT2D eigenvalue weighted by atomic mass is 9.92. The summed E-state index contributed by atoms with van der Waals surface area (Å²) in [6, 6.07) is 5.08. The highest BCUT2D eigenvalue weighted by molar-refractivity contribution is 6.34. The van der Waals surface area contributed by atoms with Gasteiger partial charge in [0.2, 0.25) is 5.91 Å². The Kier molecular flexibility index (Phi) is 6.47. The number of likely N-dealkylation sites (tertiary alicyclic amines) is 1. The second kappa shape index (κ2) is 8.19. The number of carbonyl (C=O) groups is 2. The Bertz CT molecular complexity index is 640. The topological polar surface area (TPSA) is 61.4 Å². The molecule has 0 aliphatic carbocycles. The zero-order valence-electron chi connectivity index (χ0n) is 15.5. The molecule has 138 valence electrons. The summed E-state index contributed by atoms with van der Waals surface area (Å²) in [6.45, 7) is 8.41. The van der Waals surface area contributed by atoms with E-state index in [1.165, 1.54) is 0 Å². The van der Waals surface area contributed by atoms with Crippen molar-refractivity contribution in [2.24, 2.45) is 11.3 Å². The zero-order chi connectivity index (χ0) is 18.6. The minimum absolute atomic E-state index is 0.0662. The van der Waals surface area contributed by atoms with Crippen LogP contribution in [0.3, 0.4) is 0 Å². The molecule has 2 amide bonds. The Balaban J connectivity index is 2.08. The number of hydrogen-bond donors (Lipinski definition) is 2. The van der Waals surface area contributed by atoms with Gasteiger partial charge in [0.15, 0.2) is 0 Å². The first-order valence-corrected chi connectivity index (χ1v) is 9.10. The monoisotopic (exact) mass is 365 g/mol. The molecule has 25 heavy (non-hydrogen) atoms. The number of nitrogens with one attached hydrogen (secondary N) is 2. The molecule has 2 N–H and O–H groups in total. The van der Waals surface area contributed by atoms with E-state index in [1.807, 2.05) is 32.7 Å². The first-order valence-electron chi connectivity index (χ1n) is 8.73. The number of rotatable bonds is 5. The molecule has 0 radical (unpaired) electrons. The van der Waals surface area contributed by atoms with Gasteiger partial charge in [-0.2, -0.15) is 0 Å². The highest BCUT2D eigenvalue weighted by Gasteiger charge is 2.27. The van der Waals surface area contributed by atoms with E-state index in [0.29, 0.717) is 28.6 Å². The Morgan fingerprint density at radius 3 is 2.68 bits per heavy atom. The Hall–Kier alpha value is -1.59. The predicted molar refractivity (Wildman–Crippen MR) is 102 cm³/mol. The van der Waals surface area contributed by atoms with Crippen LogP contribution in [0.4, 0.5) is 5.69 Å². The minimum atomic E-state index is -0.0902. The highest BCUT2D eigenvalue weighted by atomic mass is 35.5. The van der Waals surface area contributed by atoms with E-state index in [0.717, 1.165) is 26.1 Å². The molecular formula is C19H28ClN3O2. The van der Waals surface area contributed by atoms with Gasteiger partial charge >= 0.3 is 0 Å². The molecule has 1 heterocycles. The molecule has 1 aromatic carbocycles. The van der Waals surface area contributed by atoms with Crippen molar-refractivity contribution >= 4 is 29.1 Å². The maximum atomic E-state index is 12.8. The molecule has 2 rings (SSSR count). The number of amides is 2. The second-order valence-corrected chi connectivity index (χ2v) is 8.35. The van der Waals surface area contributed by atoms with Gasteiger partial charge in [-0.05, 0) is 49.5 Å². The van der Waals surface area contributed by atoms with Crippen molar-refractivity contribution in [3.8, 4) is 0 Å². The number of carbonyl (C=O) groups excluding carboxylic acids is 2. The zero-order valence-corrected chi connectivity index (χ0v) is 16.2. The van der Waals surface area contributed by atoms with Crippen LogP contribution in [0, 0.1) is 11.3 Å². The Morgan fingerprint density at radius 1 is 1.32 bits per heavy atom. The van der Waals surface area contributed by atoms with Gasteiger partial charge in [0.05, 0.1) is 10.6 Å². The number of benzene rings is 1. The smallest absolute Gasteiger partial charge is 0.255 e. The fraction of sp³-hybridized carbons (Fsp3) is 0.579. The molecule has 0 saturated carbocycles. The maximum Gasteiger partial charge on any atom is 0.255 e. The molecule has 1 aromatic rings. The van der Waals surface area contributed by atoms with Gasteiger partial charge in [-0.1, -0.05) is 32.4 Å². The van der Waals surface area contributed by atoms with Crippen molar-refractivity contribution < 1.29 is 9.59 Å². The maximum absolute atomic E-state index is 12.8. The standard InChI is InChI=1S/C19H28ClN3O2/c1-19(2,3)10-17(24)22-14-5-6-16(20)15(9-14)18(25)23-8-7-13(12-23)11-21-4/h5-6,9,13,21H,7-8,10-12H2,1-4H3,(H,22,24). The fourth-order valence-corrected chi connectivity index (χ4v) is 3.29. The molecule has 1 aliphatic heterocycles. The Morgan fingerprint density at radius 2 is 2.04 bits per heavy atom. The normalized spacial score (nSPS) is 17.6. The third kappa shape index (κ3) is 5.72. The molecule has 1 saturated heterocycles. The minimum Gasteiger partial charge on any atom is -0.338 e. The molecule has 0 bridgehead atoms. The third-order valence-corrected chi connectivity index (χ3v) is 4.57. The molecular weight excluding hydrogens is 338 g/mol. The van der Waals surface area contributed by atoms with Crippen LogP contribution in [-0.4, -0.2) is 43.4 Å². The van der Waals surface area contributed by atoms with Crippen molar-refractivity contribution in [2.45, 2.75) is 33.6 Å². The van der Waals surface area contributed by atoms with Crippen molar-refractivity contribution in [3.05, 3.63) is 28.8 Å². The quantitative estimate of drug-likeness (QED) is 0.840. The second-order valence-electron chi connectivity index (χ2n) is 7.94. The van der Waals surface area contributed by atoms with Crippen LogP contribution in [0.25, 0.3) is 0 Å². The lowest BCUT2D eigenvalue weighted by molar-refractivity contribution is -0.117. The van der Waals surface area contributed by atoms with Crippen LogP contribution in [0.15, 0.2) is 18.2 Å². The van der Waals surface area contributed by atoms with Gasteiger partial charge in [-0.3, -0.25) is 9.59 Å². The Labute approximate surface area is 155 Å². The lowest BCUT2D eigenvalue weighted by Gasteiger charge is -2.19. The average molecular weight is 366 g/mol. The van der Waals surface area contributed by atoms with Gasteiger partial charge in [0.25, 0.3) is 5.91 Å². The van der Waals surface area contributed by atoms with Crippen molar-refractivity contribution in [1.29, 1.82) is 0 Å². The summed E-state index contributed by atoms with van der Waals surface area (Å²) in [6.07, 6.45) is 1.41. The SMILES string of the molecule is CNCC1CCN(C(=O)c2cc(NC(=O)CC(C)(C)C)ccc2Cl)C1. The van der Waals surface area contributed by atoms with E-state index >= 15 is 0 Å². The predicted octanol–water partition coefficient (Wildman–Crippen LogP) is 3.40. The summed E-state index contributed by atoms with van der Waals surface area (Å²) < 4.78 is 0. The van der Waals surface area contributed by atoms with E-state index in [9.17, 15) is 9.59 Å². The third-order valence-electron chi connectivity index (χ3n) is 4.24. The summed E-state index contributed by atoms with van der Waals surface area (Å²) in [5.41, 5.74) is 0.959. The van der Waals surface area contributed by atoms with Crippen molar-refractivity contribution in [2.75, 3.05) is 32.0 Å². The largest absolute Gasteiger partial charge is 0.338 e. The van der Waals surface area contributed by atoms with Gasteiger partial charge in [-0.15, -0.1) is 0 Å². The van der Waals surface area contributed by atoms with Crippen molar-refractivity contribution in [1.82, 2.24) is 10.2 Å². The molecule has 0 aromatic heterocycles. The molecule has 5 nitrogen and oxygen atoms in total.